The van der Waals surface area contributed by atoms with Gasteiger partial charge in [0.25, 0.3) is 0 Å². The minimum atomic E-state index is -2.26. The van der Waals surface area contributed by atoms with Gasteiger partial charge < -0.3 is 19.0 Å². The number of hydrogen-bond acceptors (Lipinski definition) is 4. The molecular weight excluding hydrogens is 186 g/mol. The van der Waals surface area contributed by atoms with Gasteiger partial charge in [0.05, 0.1) is 18.3 Å². The summed E-state index contributed by atoms with van der Waals surface area (Å²) in [5.74, 6) is 0. The highest BCUT2D eigenvalue weighted by molar-refractivity contribution is 6.62. The molecule has 2 aliphatic heterocycles. The van der Waals surface area contributed by atoms with E-state index >= 15 is 0 Å². The Morgan fingerprint density at radius 2 is 1.77 bits per heavy atom. The molecule has 0 saturated carbocycles. The van der Waals surface area contributed by atoms with Gasteiger partial charge in [-0.3, -0.25) is 0 Å². The van der Waals surface area contributed by atoms with Gasteiger partial charge in [-0.25, -0.2) is 0 Å². The molecular formula is C8H17NO3Si. The quantitative estimate of drug-likeness (QED) is 0.679. The molecule has 2 rings (SSSR count). The third-order valence-corrected chi connectivity index (χ3v) is 5.72. The molecule has 5 heteroatoms. The van der Waals surface area contributed by atoms with Gasteiger partial charge in [0.2, 0.25) is 0 Å². The second kappa shape index (κ2) is 3.32. The van der Waals surface area contributed by atoms with Crippen LogP contribution in [0.25, 0.3) is 0 Å². The summed E-state index contributed by atoms with van der Waals surface area (Å²) >= 11 is 0. The SMILES string of the molecule is C[C@@H]1O[Si]2(CCCN)OC1[C@@H](C)O2. The van der Waals surface area contributed by atoms with Crippen molar-refractivity contribution < 1.29 is 13.3 Å². The molecule has 2 fully saturated rings. The first-order valence-corrected chi connectivity index (χ1v) is 6.83. The molecule has 2 saturated heterocycles. The molecule has 0 amide bonds. The molecule has 2 bridgehead atoms. The molecule has 13 heavy (non-hydrogen) atoms. The monoisotopic (exact) mass is 203 g/mol. The summed E-state index contributed by atoms with van der Waals surface area (Å²) in [6.45, 7) is 4.79. The molecule has 0 aromatic rings. The van der Waals surface area contributed by atoms with Gasteiger partial charge in [0.1, 0.15) is 0 Å². The van der Waals surface area contributed by atoms with E-state index in [1.165, 1.54) is 0 Å². The Hall–Kier alpha value is 0.0569. The fourth-order valence-electron chi connectivity index (χ4n) is 2.06. The van der Waals surface area contributed by atoms with Crippen LogP contribution in [-0.4, -0.2) is 33.7 Å². The van der Waals surface area contributed by atoms with Crippen LogP contribution >= 0.6 is 0 Å². The number of fused-ring (bicyclic) bond motifs is 2. The van der Waals surface area contributed by atoms with E-state index in [1.807, 2.05) is 0 Å². The lowest BCUT2D eigenvalue weighted by molar-refractivity contribution is 0.0406. The van der Waals surface area contributed by atoms with Crippen LogP contribution in [0.5, 0.6) is 0 Å². The second-order valence-electron chi connectivity index (χ2n) is 3.80. The van der Waals surface area contributed by atoms with Crippen LogP contribution in [-0.2, 0) is 13.3 Å². The molecule has 0 aliphatic carbocycles. The molecule has 2 heterocycles. The molecule has 0 spiro atoms. The molecule has 0 aromatic heterocycles. The van der Waals surface area contributed by atoms with Crippen LogP contribution in [0.4, 0.5) is 0 Å². The van der Waals surface area contributed by atoms with Gasteiger partial charge in [0.15, 0.2) is 0 Å². The van der Waals surface area contributed by atoms with Gasteiger partial charge in [0, 0.05) is 6.04 Å². The van der Waals surface area contributed by atoms with Gasteiger partial charge in [-0.2, -0.15) is 0 Å². The topological polar surface area (TPSA) is 53.7 Å². The minimum Gasteiger partial charge on any atom is -0.368 e. The maximum atomic E-state index is 5.83. The Morgan fingerprint density at radius 3 is 2.23 bits per heavy atom. The van der Waals surface area contributed by atoms with Crippen molar-refractivity contribution >= 4 is 8.80 Å². The lowest BCUT2D eigenvalue weighted by Gasteiger charge is -2.26. The van der Waals surface area contributed by atoms with E-state index in [1.54, 1.807) is 0 Å². The van der Waals surface area contributed by atoms with Gasteiger partial charge in [-0.1, -0.05) is 0 Å². The Labute approximate surface area is 79.7 Å². The average molecular weight is 203 g/mol. The average Bonchev–Trinajstić information content (AvgIpc) is 2.55. The van der Waals surface area contributed by atoms with Crippen molar-refractivity contribution in [2.45, 2.75) is 44.6 Å². The van der Waals surface area contributed by atoms with Crippen molar-refractivity contribution in [3.05, 3.63) is 0 Å². The van der Waals surface area contributed by atoms with Crippen LogP contribution in [0.2, 0.25) is 6.04 Å². The molecule has 0 radical (unpaired) electrons. The molecule has 2 N–H and O–H groups in total. The van der Waals surface area contributed by atoms with Crippen molar-refractivity contribution in [1.29, 1.82) is 0 Å². The zero-order valence-corrected chi connectivity index (χ0v) is 9.16. The molecule has 2 unspecified atom stereocenters. The third kappa shape index (κ3) is 1.55. The molecule has 76 valence electrons. The summed E-state index contributed by atoms with van der Waals surface area (Å²) in [5.41, 5.74) is 5.46. The highest BCUT2D eigenvalue weighted by Gasteiger charge is 2.60. The van der Waals surface area contributed by atoms with Crippen LogP contribution in [0.15, 0.2) is 0 Å². The van der Waals surface area contributed by atoms with E-state index < -0.39 is 8.80 Å². The summed E-state index contributed by atoms with van der Waals surface area (Å²) in [6, 6.07) is 0.870. The van der Waals surface area contributed by atoms with E-state index in [4.69, 9.17) is 19.0 Å². The van der Waals surface area contributed by atoms with E-state index in [9.17, 15) is 0 Å². The van der Waals surface area contributed by atoms with Crippen LogP contribution in [0, 0.1) is 0 Å². The predicted molar refractivity (Wildman–Crippen MR) is 50.2 cm³/mol. The van der Waals surface area contributed by atoms with Gasteiger partial charge >= 0.3 is 8.80 Å². The summed E-state index contributed by atoms with van der Waals surface area (Å²) in [4.78, 5) is 0. The molecule has 4 nitrogen and oxygen atoms in total. The molecule has 4 atom stereocenters. The summed E-state index contributed by atoms with van der Waals surface area (Å²) < 4.78 is 17.3. The van der Waals surface area contributed by atoms with Crippen molar-refractivity contribution in [2.75, 3.05) is 6.54 Å². The predicted octanol–water partition coefficient (Wildman–Crippen LogP) is 0.497. The number of rotatable bonds is 3. The van der Waals surface area contributed by atoms with E-state index in [0.29, 0.717) is 6.54 Å². The van der Waals surface area contributed by atoms with E-state index in [0.717, 1.165) is 12.5 Å². The fraction of sp³-hybridized carbons (Fsp3) is 1.00. The molecule has 2 aliphatic rings. The van der Waals surface area contributed by atoms with Crippen molar-refractivity contribution in [1.82, 2.24) is 0 Å². The summed E-state index contributed by atoms with van der Waals surface area (Å²) in [5, 5.41) is 0. The van der Waals surface area contributed by atoms with Gasteiger partial charge in [-0.05, 0) is 26.8 Å². The summed E-state index contributed by atoms with van der Waals surface area (Å²) in [7, 11) is -2.26. The van der Waals surface area contributed by atoms with Crippen molar-refractivity contribution in [3.63, 3.8) is 0 Å². The maximum absolute atomic E-state index is 5.83. The van der Waals surface area contributed by atoms with Crippen LogP contribution < -0.4 is 5.73 Å². The largest absolute Gasteiger partial charge is 0.502 e. The summed E-state index contributed by atoms with van der Waals surface area (Å²) in [6.07, 6.45) is 1.49. The normalized spacial score (nSPS) is 48.7. The van der Waals surface area contributed by atoms with Crippen molar-refractivity contribution in [2.24, 2.45) is 5.73 Å². The number of hydrogen-bond donors (Lipinski definition) is 1. The zero-order chi connectivity index (χ0) is 9.47. The van der Waals surface area contributed by atoms with Crippen LogP contribution in [0.3, 0.4) is 0 Å². The third-order valence-electron chi connectivity index (χ3n) is 2.66. The lowest BCUT2D eigenvalue weighted by Crippen LogP contribution is -2.44. The molecule has 0 aromatic carbocycles. The van der Waals surface area contributed by atoms with E-state index in [-0.39, 0.29) is 18.3 Å². The highest BCUT2D eigenvalue weighted by atomic mass is 28.4. The highest BCUT2D eigenvalue weighted by Crippen LogP contribution is 2.39. The first-order chi connectivity index (χ1) is 6.17. The van der Waals surface area contributed by atoms with Gasteiger partial charge in [-0.15, -0.1) is 0 Å². The zero-order valence-electron chi connectivity index (χ0n) is 8.16. The first-order valence-electron chi connectivity index (χ1n) is 4.90. The Kier molecular flexibility index (Phi) is 2.46. The first kappa shape index (κ1) is 9.61. The fourth-order valence-corrected chi connectivity index (χ4v) is 5.42. The Balaban J connectivity index is 2.00. The Morgan fingerprint density at radius 1 is 1.15 bits per heavy atom. The lowest BCUT2D eigenvalue weighted by atomic mass is 10.1. The van der Waals surface area contributed by atoms with E-state index in [2.05, 4.69) is 13.8 Å². The standard InChI is InChI=1S/C8H17NO3Si/c1-6-8-7(2)11-13(10-6,12-8)5-3-4-9/h6-8H,3-5,9H2,1-2H3/t6-,7+,8?,13?. The second-order valence-corrected chi connectivity index (χ2v) is 6.38. The van der Waals surface area contributed by atoms with Crippen LogP contribution in [0.1, 0.15) is 20.3 Å². The maximum Gasteiger partial charge on any atom is 0.502 e. The number of nitrogens with two attached hydrogens (primary N) is 1. The smallest absolute Gasteiger partial charge is 0.368 e. The van der Waals surface area contributed by atoms with Crippen molar-refractivity contribution in [3.8, 4) is 0 Å². The Bertz CT molecular complexity index is 190. The minimum absolute atomic E-state index is 0.157.